The molecule has 2 rings (SSSR count). The maximum absolute atomic E-state index is 13.4. The fraction of sp³-hybridized carbons (Fsp3) is 0.600. The first-order valence-electron chi connectivity index (χ1n) is 5.68. The van der Waals surface area contributed by atoms with E-state index in [1.807, 2.05) is 0 Å². The van der Waals surface area contributed by atoms with Gasteiger partial charge < -0.3 is 26.4 Å². The number of nitrogens with zero attached hydrogens (tertiary/aromatic N) is 2. The molecule has 2 heterocycles. The molecule has 9 heteroatoms. The van der Waals surface area contributed by atoms with Crippen molar-refractivity contribution in [2.24, 2.45) is 5.73 Å². The van der Waals surface area contributed by atoms with Crippen LogP contribution in [0.5, 0.6) is 0 Å². The molecule has 1 fully saturated rings. The fourth-order valence-corrected chi connectivity index (χ4v) is 2.19. The van der Waals surface area contributed by atoms with Gasteiger partial charge in [-0.1, -0.05) is 0 Å². The average molecular weight is 274 g/mol. The van der Waals surface area contributed by atoms with E-state index in [0.717, 1.165) is 10.8 Å². The standard InChI is InChI=1S/C10H15FN4O4/c11-4-2-15(10(18)14-9(4)13)7-5(1-12)19-6(3-16)8(7)17/h2,5-8,16-17H,1,3,12H2,(H2,13,14,18)/t5-,6-,7-,8-/m0/s1. The van der Waals surface area contributed by atoms with Crippen molar-refractivity contribution >= 4 is 5.82 Å². The number of hydrogen-bond acceptors (Lipinski definition) is 7. The van der Waals surface area contributed by atoms with Crippen LogP contribution in [0.3, 0.4) is 0 Å². The van der Waals surface area contributed by atoms with Crippen molar-refractivity contribution in [3.63, 3.8) is 0 Å². The Kier molecular flexibility index (Phi) is 3.80. The summed E-state index contributed by atoms with van der Waals surface area (Å²) in [6.07, 6.45) is -1.95. The first-order chi connectivity index (χ1) is 8.99. The SMILES string of the molecule is NC[C@@H]1O[C@@H](CO)[C@H](O)[C@H]1n1cc(F)c(N)nc1=O. The second kappa shape index (κ2) is 5.21. The number of aliphatic hydroxyl groups is 2. The van der Waals surface area contributed by atoms with Gasteiger partial charge in [-0.05, 0) is 0 Å². The van der Waals surface area contributed by atoms with Gasteiger partial charge in [0.25, 0.3) is 0 Å². The zero-order valence-electron chi connectivity index (χ0n) is 9.94. The minimum atomic E-state index is -1.19. The van der Waals surface area contributed by atoms with Crippen LogP contribution in [0.15, 0.2) is 11.0 Å². The second-order valence-corrected chi connectivity index (χ2v) is 4.28. The minimum absolute atomic E-state index is 0.00331. The van der Waals surface area contributed by atoms with Gasteiger partial charge in [0.1, 0.15) is 12.2 Å². The van der Waals surface area contributed by atoms with E-state index in [0.29, 0.717) is 0 Å². The van der Waals surface area contributed by atoms with Gasteiger partial charge in [0.05, 0.1) is 18.8 Å². The van der Waals surface area contributed by atoms with Crippen molar-refractivity contribution < 1.29 is 19.3 Å². The van der Waals surface area contributed by atoms with Gasteiger partial charge in [0.2, 0.25) is 0 Å². The first kappa shape index (κ1) is 13.9. The maximum Gasteiger partial charge on any atom is 0.350 e. The number of aromatic nitrogens is 2. The van der Waals surface area contributed by atoms with E-state index in [-0.39, 0.29) is 6.54 Å². The van der Waals surface area contributed by atoms with Crippen LogP contribution >= 0.6 is 0 Å². The van der Waals surface area contributed by atoms with Crippen LogP contribution in [0.2, 0.25) is 0 Å². The van der Waals surface area contributed by atoms with Gasteiger partial charge >= 0.3 is 5.69 Å². The molecule has 6 N–H and O–H groups in total. The monoisotopic (exact) mass is 274 g/mol. The van der Waals surface area contributed by atoms with Gasteiger partial charge in [-0.15, -0.1) is 0 Å². The molecular formula is C10H15FN4O4. The summed E-state index contributed by atoms with van der Waals surface area (Å²) in [6.45, 7) is -0.440. The number of hydrogen-bond donors (Lipinski definition) is 4. The van der Waals surface area contributed by atoms with E-state index in [4.69, 9.17) is 21.3 Å². The van der Waals surface area contributed by atoms with E-state index in [2.05, 4.69) is 4.98 Å². The lowest BCUT2D eigenvalue weighted by atomic mass is 10.0. The molecule has 0 spiro atoms. The summed E-state index contributed by atoms with van der Waals surface area (Å²) in [5, 5.41) is 19.1. The molecule has 1 aliphatic rings. The highest BCUT2D eigenvalue weighted by Gasteiger charge is 2.44. The summed E-state index contributed by atoms with van der Waals surface area (Å²) in [5.41, 5.74) is 9.86. The summed E-state index contributed by atoms with van der Waals surface area (Å²) in [7, 11) is 0. The lowest BCUT2D eigenvalue weighted by Gasteiger charge is -2.21. The quantitative estimate of drug-likeness (QED) is 0.481. The number of rotatable bonds is 3. The first-order valence-corrected chi connectivity index (χ1v) is 5.68. The Balaban J connectivity index is 2.45. The van der Waals surface area contributed by atoms with E-state index in [9.17, 15) is 14.3 Å². The van der Waals surface area contributed by atoms with Gasteiger partial charge in [-0.3, -0.25) is 4.57 Å². The summed E-state index contributed by atoms with van der Waals surface area (Å²) in [4.78, 5) is 15.0. The molecule has 0 radical (unpaired) electrons. The van der Waals surface area contributed by atoms with Crippen LogP contribution < -0.4 is 17.2 Å². The van der Waals surface area contributed by atoms with E-state index in [1.165, 1.54) is 0 Å². The molecule has 4 atom stereocenters. The van der Waals surface area contributed by atoms with Crippen LogP contribution in [0.25, 0.3) is 0 Å². The second-order valence-electron chi connectivity index (χ2n) is 4.28. The molecule has 106 valence electrons. The Labute approximate surface area is 107 Å². The predicted molar refractivity (Wildman–Crippen MR) is 62.7 cm³/mol. The van der Waals surface area contributed by atoms with Gasteiger partial charge in [-0.2, -0.15) is 4.98 Å². The van der Waals surface area contributed by atoms with Gasteiger partial charge in [0, 0.05) is 12.7 Å². The Morgan fingerprint density at radius 1 is 1.53 bits per heavy atom. The number of anilines is 1. The molecule has 0 saturated carbocycles. The zero-order valence-corrected chi connectivity index (χ0v) is 9.94. The highest BCUT2D eigenvalue weighted by molar-refractivity contribution is 5.26. The lowest BCUT2D eigenvalue weighted by molar-refractivity contribution is -0.0193. The third kappa shape index (κ3) is 2.32. The van der Waals surface area contributed by atoms with Crippen molar-refractivity contribution in [3.05, 3.63) is 22.5 Å². The highest BCUT2D eigenvalue weighted by Crippen LogP contribution is 2.30. The van der Waals surface area contributed by atoms with Gasteiger partial charge in [0.15, 0.2) is 11.6 Å². The molecule has 0 unspecified atom stereocenters. The summed E-state index contributed by atoms with van der Waals surface area (Å²) in [6, 6.07) is -0.919. The lowest BCUT2D eigenvalue weighted by Crippen LogP contribution is -2.40. The molecule has 8 nitrogen and oxygen atoms in total. The largest absolute Gasteiger partial charge is 0.394 e. The maximum atomic E-state index is 13.4. The molecular weight excluding hydrogens is 259 g/mol. The number of ether oxygens (including phenoxy) is 1. The highest BCUT2D eigenvalue weighted by atomic mass is 19.1. The van der Waals surface area contributed by atoms with Crippen LogP contribution in [-0.2, 0) is 4.74 Å². The van der Waals surface area contributed by atoms with E-state index in [1.54, 1.807) is 0 Å². The fourth-order valence-electron chi connectivity index (χ4n) is 2.19. The molecule has 0 aliphatic carbocycles. The number of nitrogens with two attached hydrogens (primary N) is 2. The van der Waals surface area contributed by atoms with E-state index < -0.39 is 48.3 Å². The van der Waals surface area contributed by atoms with Crippen molar-refractivity contribution in [1.29, 1.82) is 0 Å². The Morgan fingerprint density at radius 2 is 2.21 bits per heavy atom. The molecule has 1 saturated heterocycles. The summed E-state index contributed by atoms with van der Waals surface area (Å²) < 4.78 is 19.6. The van der Waals surface area contributed by atoms with Crippen molar-refractivity contribution in [2.45, 2.75) is 24.4 Å². The van der Waals surface area contributed by atoms with E-state index >= 15 is 0 Å². The molecule has 0 amide bonds. The van der Waals surface area contributed by atoms with Crippen LogP contribution in [0, 0.1) is 5.82 Å². The summed E-state index contributed by atoms with van der Waals surface area (Å²) in [5.74, 6) is -1.40. The molecule has 19 heavy (non-hydrogen) atoms. The molecule has 1 aromatic heterocycles. The molecule has 0 bridgehead atoms. The predicted octanol–water partition coefficient (Wildman–Crippen LogP) is -2.41. The molecule has 1 aromatic rings. The third-order valence-electron chi connectivity index (χ3n) is 3.13. The molecule has 1 aliphatic heterocycles. The third-order valence-corrected chi connectivity index (χ3v) is 3.13. The Bertz CT molecular complexity index is 521. The summed E-state index contributed by atoms with van der Waals surface area (Å²) >= 11 is 0. The zero-order chi connectivity index (χ0) is 14.2. The molecule has 0 aromatic carbocycles. The van der Waals surface area contributed by atoms with Crippen molar-refractivity contribution in [3.8, 4) is 0 Å². The minimum Gasteiger partial charge on any atom is -0.394 e. The number of nitrogen functional groups attached to an aromatic ring is 1. The van der Waals surface area contributed by atoms with Gasteiger partial charge in [-0.25, -0.2) is 9.18 Å². The topological polar surface area (TPSA) is 137 Å². The average Bonchev–Trinajstić information content (AvgIpc) is 2.70. The van der Waals surface area contributed by atoms with Crippen LogP contribution in [-0.4, -0.2) is 51.2 Å². The van der Waals surface area contributed by atoms with Crippen molar-refractivity contribution in [2.75, 3.05) is 18.9 Å². The number of aliphatic hydroxyl groups excluding tert-OH is 2. The Morgan fingerprint density at radius 3 is 2.79 bits per heavy atom. The van der Waals surface area contributed by atoms with Crippen LogP contribution in [0.1, 0.15) is 6.04 Å². The van der Waals surface area contributed by atoms with Crippen LogP contribution in [0.4, 0.5) is 10.2 Å². The normalized spacial score (nSPS) is 30.7. The van der Waals surface area contributed by atoms with Crippen molar-refractivity contribution in [1.82, 2.24) is 9.55 Å². The Hall–Kier alpha value is -1.55. The number of halogens is 1. The smallest absolute Gasteiger partial charge is 0.350 e.